The topological polar surface area (TPSA) is 119 Å². The van der Waals surface area contributed by atoms with Gasteiger partial charge in [-0.2, -0.15) is 4.72 Å². The molecule has 0 aliphatic heterocycles. The van der Waals surface area contributed by atoms with Crippen LogP contribution in [0.5, 0.6) is 0 Å². The van der Waals surface area contributed by atoms with Crippen LogP contribution in [-0.2, 0) is 24.3 Å². The highest BCUT2D eigenvalue weighted by Gasteiger charge is 2.23. The maximum Gasteiger partial charge on any atom is 0.324 e. The molecule has 2 aromatic rings. The van der Waals surface area contributed by atoms with Crippen molar-refractivity contribution in [1.82, 2.24) is 4.72 Å². The van der Waals surface area contributed by atoms with Crippen LogP contribution in [0, 0.1) is 5.92 Å². The Morgan fingerprint density at radius 2 is 1.55 bits per heavy atom. The molecule has 1 atom stereocenters. The van der Waals surface area contributed by atoms with E-state index in [-0.39, 0.29) is 16.7 Å². The van der Waals surface area contributed by atoms with E-state index in [4.69, 9.17) is 4.74 Å². The molecule has 1 amide bonds. The van der Waals surface area contributed by atoms with Crippen LogP contribution in [-0.4, -0.2) is 38.7 Å². The van der Waals surface area contributed by atoms with Gasteiger partial charge in [0.2, 0.25) is 15.9 Å². The number of sulfonamides is 1. The predicted molar refractivity (Wildman–Crippen MR) is 116 cm³/mol. The summed E-state index contributed by atoms with van der Waals surface area (Å²) in [6, 6.07) is 12.6. The van der Waals surface area contributed by atoms with Crippen molar-refractivity contribution in [1.29, 1.82) is 0 Å². The third-order valence-corrected chi connectivity index (χ3v) is 5.73. The molecular formula is C22H26N2O6S. The fraction of sp³-hybridized carbons (Fsp3) is 0.318. The molecule has 2 aromatic carbocycles. The zero-order chi connectivity index (χ0) is 23.0. The molecule has 8 nitrogen and oxygen atoms in total. The third kappa shape index (κ3) is 7.62. The number of benzene rings is 2. The van der Waals surface area contributed by atoms with E-state index in [2.05, 4.69) is 10.0 Å². The first-order valence-corrected chi connectivity index (χ1v) is 11.2. The number of ketones is 1. The van der Waals surface area contributed by atoms with Crippen molar-refractivity contribution >= 4 is 33.4 Å². The Bertz CT molecular complexity index is 1020. The van der Waals surface area contributed by atoms with E-state index in [0.717, 1.165) is 0 Å². The quantitative estimate of drug-likeness (QED) is 0.428. The van der Waals surface area contributed by atoms with Crippen molar-refractivity contribution in [3.63, 3.8) is 0 Å². The molecule has 9 heteroatoms. The Labute approximate surface area is 182 Å². The number of hydrogen-bond acceptors (Lipinski definition) is 6. The fourth-order valence-corrected chi connectivity index (χ4v) is 3.83. The Morgan fingerprint density at radius 3 is 2.13 bits per heavy atom. The van der Waals surface area contributed by atoms with Gasteiger partial charge >= 0.3 is 5.97 Å². The van der Waals surface area contributed by atoms with E-state index in [1.807, 2.05) is 13.8 Å². The first-order valence-electron chi connectivity index (χ1n) is 9.75. The van der Waals surface area contributed by atoms with Crippen molar-refractivity contribution in [3.05, 3.63) is 60.2 Å². The number of esters is 1. The van der Waals surface area contributed by atoms with Crippen molar-refractivity contribution in [2.24, 2.45) is 5.92 Å². The summed E-state index contributed by atoms with van der Waals surface area (Å²) in [4.78, 5) is 36.2. The molecule has 0 radical (unpaired) electrons. The van der Waals surface area contributed by atoms with Gasteiger partial charge in [0.15, 0.2) is 12.4 Å². The van der Waals surface area contributed by atoms with Gasteiger partial charge in [0.1, 0.15) is 6.04 Å². The number of carbonyl (C=O) groups excluding carboxylic acids is 3. The average molecular weight is 447 g/mol. The zero-order valence-electron chi connectivity index (χ0n) is 17.6. The first-order chi connectivity index (χ1) is 14.6. The Kier molecular flexibility index (Phi) is 8.47. The van der Waals surface area contributed by atoms with Crippen LogP contribution in [0.25, 0.3) is 0 Å². The van der Waals surface area contributed by atoms with Crippen molar-refractivity contribution in [2.45, 2.75) is 38.1 Å². The lowest BCUT2D eigenvalue weighted by Crippen LogP contribution is -2.40. The molecule has 0 aliphatic carbocycles. The second-order valence-corrected chi connectivity index (χ2v) is 9.12. The summed E-state index contributed by atoms with van der Waals surface area (Å²) in [7, 11) is -3.89. The van der Waals surface area contributed by atoms with Crippen LogP contribution in [0.3, 0.4) is 0 Å². The lowest BCUT2D eigenvalue weighted by molar-refractivity contribution is -0.144. The molecule has 0 heterocycles. The lowest BCUT2D eigenvalue weighted by atomic mass is 10.1. The van der Waals surface area contributed by atoms with Crippen molar-refractivity contribution in [3.8, 4) is 0 Å². The van der Waals surface area contributed by atoms with Gasteiger partial charge in [-0.05, 0) is 49.2 Å². The van der Waals surface area contributed by atoms with Crippen LogP contribution < -0.4 is 10.0 Å². The third-order valence-electron chi connectivity index (χ3n) is 4.17. The maximum atomic E-state index is 12.3. The fourth-order valence-electron chi connectivity index (χ4n) is 2.62. The van der Waals surface area contributed by atoms with Crippen molar-refractivity contribution < 1.29 is 27.5 Å². The minimum absolute atomic E-state index is 0.0197. The predicted octanol–water partition coefficient (Wildman–Crippen LogP) is 2.76. The highest BCUT2D eigenvalue weighted by Crippen LogP contribution is 2.12. The highest BCUT2D eigenvalue weighted by atomic mass is 32.2. The van der Waals surface area contributed by atoms with E-state index in [1.54, 1.807) is 30.3 Å². The number of Topliss-reactive ketones (excluding diaryl/α,β-unsaturated/α-hetero) is 1. The van der Waals surface area contributed by atoms with Gasteiger partial charge in [-0.25, -0.2) is 8.42 Å². The van der Waals surface area contributed by atoms with E-state index in [1.165, 1.54) is 31.2 Å². The number of rotatable bonds is 10. The minimum Gasteiger partial charge on any atom is -0.456 e. The first kappa shape index (κ1) is 24.2. The molecule has 0 saturated heterocycles. The Balaban J connectivity index is 1.87. The summed E-state index contributed by atoms with van der Waals surface area (Å²) < 4.78 is 31.7. The second kappa shape index (κ2) is 10.8. The summed E-state index contributed by atoms with van der Waals surface area (Å²) >= 11 is 0. The highest BCUT2D eigenvalue weighted by molar-refractivity contribution is 7.89. The SMILES string of the molecule is CC(C)CC(=O)Nc1ccc(C(=O)COC(=O)C(C)NS(=O)(=O)c2ccccc2)cc1. The largest absolute Gasteiger partial charge is 0.456 e. The van der Waals surface area contributed by atoms with E-state index < -0.39 is 34.4 Å². The number of anilines is 1. The van der Waals surface area contributed by atoms with Gasteiger partial charge in [-0.15, -0.1) is 0 Å². The summed E-state index contributed by atoms with van der Waals surface area (Å²) in [6.45, 7) is 4.68. The summed E-state index contributed by atoms with van der Waals surface area (Å²) in [5.41, 5.74) is 0.857. The van der Waals surface area contributed by atoms with Gasteiger partial charge < -0.3 is 10.1 Å². The Morgan fingerprint density at radius 1 is 0.935 bits per heavy atom. The molecule has 2 N–H and O–H groups in total. The van der Waals surface area contributed by atoms with Gasteiger partial charge in [-0.3, -0.25) is 14.4 Å². The number of ether oxygens (including phenoxy) is 1. The molecule has 0 aliphatic rings. The minimum atomic E-state index is -3.89. The molecular weight excluding hydrogens is 420 g/mol. The molecule has 31 heavy (non-hydrogen) atoms. The molecule has 2 rings (SSSR count). The maximum absolute atomic E-state index is 12.3. The van der Waals surface area contributed by atoms with Crippen LogP contribution in [0.4, 0.5) is 5.69 Å². The average Bonchev–Trinajstić information content (AvgIpc) is 2.72. The summed E-state index contributed by atoms with van der Waals surface area (Å²) in [5, 5.41) is 2.74. The summed E-state index contributed by atoms with van der Waals surface area (Å²) in [6.07, 6.45) is 0.392. The Hall–Kier alpha value is -3.04. The smallest absolute Gasteiger partial charge is 0.324 e. The summed E-state index contributed by atoms with van der Waals surface area (Å²) in [5.74, 6) is -1.21. The number of hydrogen-bond donors (Lipinski definition) is 2. The molecule has 1 unspecified atom stereocenters. The standard InChI is InChI=1S/C22H26N2O6S/c1-15(2)13-21(26)23-18-11-9-17(10-12-18)20(25)14-30-22(27)16(3)24-31(28,29)19-7-5-4-6-8-19/h4-12,15-16,24H,13-14H2,1-3H3,(H,23,26). The van der Waals surface area contributed by atoms with Gasteiger partial charge in [0, 0.05) is 17.7 Å². The molecule has 0 fully saturated rings. The van der Waals surface area contributed by atoms with Crippen LogP contribution >= 0.6 is 0 Å². The number of carbonyl (C=O) groups is 3. The van der Waals surface area contributed by atoms with Crippen LogP contribution in [0.2, 0.25) is 0 Å². The monoisotopic (exact) mass is 446 g/mol. The zero-order valence-corrected chi connectivity index (χ0v) is 18.4. The van der Waals surface area contributed by atoms with Crippen LogP contribution in [0.1, 0.15) is 37.6 Å². The molecule has 0 aromatic heterocycles. The van der Waals surface area contributed by atoms with Crippen molar-refractivity contribution in [2.75, 3.05) is 11.9 Å². The molecule has 166 valence electrons. The van der Waals surface area contributed by atoms with Gasteiger partial charge in [0.25, 0.3) is 0 Å². The molecule has 0 saturated carbocycles. The molecule has 0 spiro atoms. The van der Waals surface area contributed by atoms with E-state index in [9.17, 15) is 22.8 Å². The number of nitrogens with one attached hydrogen (secondary N) is 2. The van der Waals surface area contributed by atoms with Gasteiger partial charge in [-0.1, -0.05) is 32.0 Å². The second-order valence-electron chi connectivity index (χ2n) is 7.41. The lowest BCUT2D eigenvalue weighted by Gasteiger charge is -2.13. The van der Waals surface area contributed by atoms with Crippen LogP contribution in [0.15, 0.2) is 59.5 Å². The van der Waals surface area contributed by atoms with Gasteiger partial charge in [0.05, 0.1) is 4.90 Å². The number of amides is 1. The van der Waals surface area contributed by atoms with E-state index in [0.29, 0.717) is 17.7 Å². The normalized spacial score (nSPS) is 12.3. The van der Waals surface area contributed by atoms with E-state index >= 15 is 0 Å². The molecule has 0 bridgehead atoms.